The van der Waals surface area contributed by atoms with Crippen molar-refractivity contribution in [2.45, 2.75) is 25.4 Å². The van der Waals surface area contributed by atoms with Gasteiger partial charge in [-0.05, 0) is 71.8 Å². The second-order valence-electron chi connectivity index (χ2n) is 4.97. The van der Waals surface area contributed by atoms with Crippen molar-refractivity contribution >= 4 is 22.6 Å². The fourth-order valence-corrected chi connectivity index (χ4v) is 2.50. The molecule has 0 amide bonds. The highest BCUT2D eigenvalue weighted by Gasteiger charge is 2.20. The zero-order valence-corrected chi connectivity index (χ0v) is 13.1. The molecule has 1 aliphatic carbocycles. The van der Waals surface area contributed by atoms with Gasteiger partial charge in [-0.2, -0.15) is 0 Å². The number of benzene rings is 2. The molecule has 0 bridgehead atoms. The van der Waals surface area contributed by atoms with Crippen LogP contribution in [0.25, 0.3) is 0 Å². The normalized spacial score (nSPS) is 14.3. The highest BCUT2D eigenvalue weighted by atomic mass is 127. The van der Waals surface area contributed by atoms with Crippen LogP contribution in [-0.2, 0) is 6.54 Å². The first-order chi connectivity index (χ1) is 9.70. The molecule has 20 heavy (non-hydrogen) atoms. The van der Waals surface area contributed by atoms with E-state index in [0.29, 0.717) is 18.3 Å². The van der Waals surface area contributed by atoms with Crippen LogP contribution in [0.5, 0.6) is 11.5 Å². The van der Waals surface area contributed by atoms with Crippen molar-refractivity contribution in [3.8, 4) is 11.5 Å². The quantitative estimate of drug-likeness (QED) is 0.770. The summed E-state index contributed by atoms with van der Waals surface area (Å²) in [7, 11) is 0. The van der Waals surface area contributed by atoms with Gasteiger partial charge in [0.15, 0.2) is 0 Å². The zero-order chi connectivity index (χ0) is 13.9. The van der Waals surface area contributed by atoms with Crippen LogP contribution in [0.4, 0.5) is 4.39 Å². The van der Waals surface area contributed by atoms with Crippen LogP contribution in [-0.4, -0.2) is 6.04 Å². The minimum atomic E-state index is -0.229. The molecule has 0 aliphatic heterocycles. The van der Waals surface area contributed by atoms with Crippen LogP contribution in [0.15, 0.2) is 42.5 Å². The Morgan fingerprint density at radius 3 is 2.80 bits per heavy atom. The lowest BCUT2D eigenvalue weighted by Crippen LogP contribution is -2.15. The number of nitrogens with one attached hydrogen (secondary N) is 1. The van der Waals surface area contributed by atoms with Gasteiger partial charge in [0.05, 0.1) is 0 Å². The van der Waals surface area contributed by atoms with E-state index in [2.05, 4.69) is 27.9 Å². The third kappa shape index (κ3) is 3.70. The molecule has 0 saturated heterocycles. The molecule has 104 valence electrons. The van der Waals surface area contributed by atoms with Gasteiger partial charge in [-0.1, -0.05) is 6.07 Å². The first kappa shape index (κ1) is 13.8. The predicted octanol–water partition coefficient (Wildman–Crippen LogP) is 4.47. The van der Waals surface area contributed by atoms with E-state index in [1.807, 2.05) is 24.3 Å². The van der Waals surface area contributed by atoms with Crippen molar-refractivity contribution < 1.29 is 9.13 Å². The summed E-state index contributed by atoms with van der Waals surface area (Å²) in [6, 6.07) is 13.1. The van der Waals surface area contributed by atoms with Gasteiger partial charge in [0.25, 0.3) is 0 Å². The Hall–Kier alpha value is -1.14. The molecule has 0 heterocycles. The number of hydrogen-bond donors (Lipinski definition) is 1. The Morgan fingerprint density at radius 2 is 2.05 bits per heavy atom. The molecule has 3 rings (SSSR count). The molecule has 4 heteroatoms. The summed E-state index contributed by atoms with van der Waals surface area (Å²) in [5.74, 6) is 1.25. The minimum Gasteiger partial charge on any atom is -0.457 e. The Labute approximate surface area is 131 Å². The SMILES string of the molecule is Fc1ccc(Oc2cccc(I)c2)c(CNC2CC2)c1. The average Bonchev–Trinajstić information content (AvgIpc) is 3.23. The topological polar surface area (TPSA) is 21.3 Å². The van der Waals surface area contributed by atoms with Crippen LogP contribution in [0.2, 0.25) is 0 Å². The molecule has 0 aromatic heterocycles. The van der Waals surface area contributed by atoms with Crippen molar-refractivity contribution in [3.05, 3.63) is 57.4 Å². The van der Waals surface area contributed by atoms with Gasteiger partial charge < -0.3 is 10.1 Å². The lowest BCUT2D eigenvalue weighted by molar-refractivity contribution is 0.469. The Kier molecular flexibility index (Phi) is 4.21. The molecule has 1 N–H and O–H groups in total. The maximum absolute atomic E-state index is 13.4. The van der Waals surface area contributed by atoms with Gasteiger partial charge in [0.1, 0.15) is 17.3 Å². The Balaban J connectivity index is 1.79. The van der Waals surface area contributed by atoms with Crippen molar-refractivity contribution in [3.63, 3.8) is 0 Å². The summed E-state index contributed by atoms with van der Waals surface area (Å²) in [4.78, 5) is 0. The fraction of sp³-hybridized carbons (Fsp3) is 0.250. The van der Waals surface area contributed by atoms with Gasteiger partial charge >= 0.3 is 0 Å². The maximum Gasteiger partial charge on any atom is 0.132 e. The number of hydrogen-bond acceptors (Lipinski definition) is 2. The van der Waals surface area contributed by atoms with Gasteiger partial charge in [0.2, 0.25) is 0 Å². The molecule has 0 radical (unpaired) electrons. The standard InChI is InChI=1S/C16H15FINO/c17-12-4-7-16(11(8-12)10-19-14-5-6-14)20-15-3-1-2-13(18)9-15/h1-4,7-9,14,19H,5-6,10H2. The third-order valence-electron chi connectivity index (χ3n) is 3.20. The lowest BCUT2D eigenvalue weighted by Gasteiger charge is -2.12. The largest absolute Gasteiger partial charge is 0.457 e. The molecular formula is C16H15FINO. The van der Waals surface area contributed by atoms with Crippen LogP contribution in [0, 0.1) is 9.39 Å². The molecule has 0 atom stereocenters. The number of halogens is 2. The lowest BCUT2D eigenvalue weighted by atomic mass is 10.2. The predicted molar refractivity (Wildman–Crippen MR) is 85.5 cm³/mol. The van der Waals surface area contributed by atoms with E-state index in [1.54, 1.807) is 12.1 Å². The van der Waals surface area contributed by atoms with Gasteiger partial charge in [-0.15, -0.1) is 0 Å². The molecule has 2 nitrogen and oxygen atoms in total. The van der Waals surface area contributed by atoms with Crippen molar-refractivity contribution in [1.82, 2.24) is 5.32 Å². The second-order valence-corrected chi connectivity index (χ2v) is 6.21. The van der Waals surface area contributed by atoms with Crippen molar-refractivity contribution in [2.75, 3.05) is 0 Å². The molecule has 2 aromatic carbocycles. The van der Waals surface area contributed by atoms with E-state index >= 15 is 0 Å². The van der Waals surface area contributed by atoms with Gasteiger partial charge in [-0.25, -0.2) is 4.39 Å². The van der Waals surface area contributed by atoms with Gasteiger partial charge in [-0.3, -0.25) is 0 Å². The van der Waals surface area contributed by atoms with E-state index in [4.69, 9.17) is 4.74 Å². The van der Waals surface area contributed by atoms with E-state index in [9.17, 15) is 4.39 Å². The summed E-state index contributed by atoms with van der Waals surface area (Å²) in [5, 5.41) is 3.39. The summed E-state index contributed by atoms with van der Waals surface area (Å²) in [6.45, 7) is 0.641. The molecule has 1 fully saturated rings. The van der Waals surface area contributed by atoms with Crippen LogP contribution in [0.3, 0.4) is 0 Å². The zero-order valence-electron chi connectivity index (χ0n) is 10.9. The number of ether oxygens (including phenoxy) is 1. The second kappa shape index (κ2) is 6.10. The first-order valence-electron chi connectivity index (χ1n) is 6.66. The summed E-state index contributed by atoms with van der Waals surface area (Å²) in [6.07, 6.45) is 2.42. The average molecular weight is 383 g/mol. The van der Waals surface area contributed by atoms with E-state index < -0.39 is 0 Å². The highest BCUT2D eigenvalue weighted by molar-refractivity contribution is 14.1. The van der Waals surface area contributed by atoms with E-state index in [1.165, 1.54) is 18.9 Å². The van der Waals surface area contributed by atoms with Crippen LogP contribution in [0.1, 0.15) is 18.4 Å². The summed E-state index contributed by atoms with van der Waals surface area (Å²) >= 11 is 2.24. The molecular weight excluding hydrogens is 368 g/mol. The summed E-state index contributed by atoms with van der Waals surface area (Å²) in [5.41, 5.74) is 0.857. The third-order valence-corrected chi connectivity index (χ3v) is 3.88. The molecule has 1 saturated carbocycles. The minimum absolute atomic E-state index is 0.229. The highest BCUT2D eigenvalue weighted by Crippen LogP contribution is 2.28. The molecule has 0 unspecified atom stereocenters. The maximum atomic E-state index is 13.4. The van der Waals surface area contributed by atoms with Crippen LogP contribution < -0.4 is 10.1 Å². The molecule has 1 aliphatic rings. The Morgan fingerprint density at radius 1 is 1.20 bits per heavy atom. The van der Waals surface area contributed by atoms with Gasteiger partial charge in [0, 0.05) is 21.7 Å². The van der Waals surface area contributed by atoms with E-state index in [0.717, 1.165) is 14.9 Å². The first-order valence-corrected chi connectivity index (χ1v) is 7.74. The van der Waals surface area contributed by atoms with Crippen LogP contribution >= 0.6 is 22.6 Å². The summed E-state index contributed by atoms with van der Waals surface area (Å²) < 4.78 is 20.4. The van der Waals surface area contributed by atoms with Crippen molar-refractivity contribution in [2.24, 2.45) is 0 Å². The monoisotopic (exact) mass is 383 g/mol. The fourth-order valence-electron chi connectivity index (χ4n) is 1.98. The number of rotatable bonds is 5. The van der Waals surface area contributed by atoms with E-state index in [-0.39, 0.29) is 5.82 Å². The smallest absolute Gasteiger partial charge is 0.132 e. The Bertz CT molecular complexity index is 613. The molecule has 0 spiro atoms. The molecule has 2 aromatic rings. The van der Waals surface area contributed by atoms with Crippen molar-refractivity contribution in [1.29, 1.82) is 0 Å².